The third-order valence-corrected chi connectivity index (χ3v) is 2.04. The summed E-state index contributed by atoms with van der Waals surface area (Å²) in [6.45, 7) is 0. The van der Waals surface area contributed by atoms with E-state index in [2.05, 4.69) is 4.74 Å². The van der Waals surface area contributed by atoms with E-state index in [0.29, 0.717) is 5.56 Å². The van der Waals surface area contributed by atoms with Crippen LogP contribution >= 0.6 is 12.4 Å². The molecule has 6 heteroatoms. The standard InChI is InChI=1S/C10H13NO4.ClH/c1-15-10(14)5-7(11)6-2-3-8(12)9(13)4-6;/h2-4,7,12-13H,5,11H2,1H3;1H/t7-;/m0./s1. The molecule has 0 aliphatic carbocycles. The average Bonchev–Trinajstić information content (AvgIpc) is 2.21. The number of halogens is 1. The van der Waals surface area contributed by atoms with Crippen molar-refractivity contribution in [2.75, 3.05) is 7.11 Å². The first-order valence-corrected chi connectivity index (χ1v) is 4.39. The maximum atomic E-state index is 10.9. The number of benzene rings is 1. The second kappa shape index (κ2) is 6.19. The molecule has 0 spiro atoms. The van der Waals surface area contributed by atoms with E-state index in [1.807, 2.05) is 0 Å². The number of carbonyl (C=O) groups is 1. The molecular formula is C10H14ClNO4. The molecule has 0 unspecified atom stereocenters. The van der Waals surface area contributed by atoms with E-state index in [4.69, 9.17) is 10.8 Å². The van der Waals surface area contributed by atoms with Crippen molar-refractivity contribution >= 4 is 18.4 Å². The van der Waals surface area contributed by atoms with Gasteiger partial charge in [0.15, 0.2) is 11.5 Å². The molecule has 1 aromatic carbocycles. The predicted molar refractivity (Wildman–Crippen MR) is 60.6 cm³/mol. The number of methoxy groups -OCH3 is 1. The van der Waals surface area contributed by atoms with Crippen molar-refractivity contribution in [2.24, 2.45) is 5.73 Å². The molecule has 90 valence electrons. The molecule has 0 fully saturated rings. The highest BCUT2D eigenvalue weighted by Gasteiger charge is 2.13. The molecule has 0 amide bonds. The molecule has 0 saturated carbocycles. The lowest BCUT2D eigenvalue weighted by atomic mass is 10.0. The lowest BCUT2D eigenvalue weighted by Gasteiger charge is -2.11. The molecule has 1 rings (SSSR count). The zero-order valence-corrected chi connectivity index (χ0v) is 9.53. The zero-order chi connectivity index (χ0) is 11.4. The molecule has 1 atom stereocenters. The molecule has 0 aliphatic rings. The van der Waals surface area contributed by atoms with Crippen molar-refractivity contribution in [2.45, 2.75) is 12.5 Å². The molecule has 0 heterocycles. The number of carbonyl (C=O) groups excluding carboxylic acids is 1. The van der Waals surface area contributed by atoms with Gasteiger partial charge in [0, 0.05) is 6.04 Å². The van der Waals surface area contributed by atoms with Crippen molar-refractivity contribution < 1.29 is 19.7 Å². The summed E-state index contributed by atoms with van der Waals surface area (Å²) < 4.78 is 4.47. The van der Waals surface area contributed by atoms with Crippen molar-refractivity contribution in [1.29, 1.82) is 0 Å². The van der Waals surface area contributed by atoms with Crippen LogP contribution in [0.1, 0.15) is 18.0 Å². The third kappa shape index (κ3) is 3.60. The number of ether oxygens (including phenoxy) is 1. The van der Waals surface area contributed by atoms with Crippen molar-refractivity contribution in [3.63, 3.8) is 0 Å². The predicted octanol–water partition coefficient (Wildman–Crippen LogP) is 1.08. The Kier molecular flexibility index (Phi) is 5.63. The molecule has 0 saturated heterocycles. The molecule has 16 heavy (non-hydrogen) atoms. The van der Waals surface area contributed by atoms with Crippen LogP contribution in [0.25, 0.3) is 0 Å². The van der Waals surface area contributed by atoms with Crippen LogP contribution in [0.5, 0.6) is 11.5 Å². The Balaban J connectivity index is 0.00000225. The Morgan fingerprint density at radius 2 is 2.06 bits per heavy atom. The number of rotatable bonds is 3. The Hall–Kier alpha value is -1.46. The largest absolute Gasteiger partial charge is 0.504 e. The average molecular weight is 248 g/mol. The Morgan fingerprint density at radius 1 is 1.44 bits per heavy atom. The molecule has 0 radical (unpaired) electrons. The fourth-order valence-electron chi connectivity index (χ4n) is 1.15. The summed E-state index contributed by atoms with van der Waals surface area (Å²) in [7, 11) is 1.28. The van der Waals surface area contributed by atoms with Gasteiger partial charge in [-0.2, -0.15) is 0 Å². The van der Waals surface area contributed by atoms with Gasteiger partial charge in [-0.25, -0.2) is 0 Å². The van der Waals surface area contributed by atoms with Gasteiger partial charge in [0.2, 0.25) is 0 Å². The Morgan fingerprint density at radius 3 is 2.56 bits per heavy atom. The fourth-order valence-corrected chi connectivity index (χ4v) is 1.15. The van der Waals surface area contributed by atoms with Crippen LogP contribution in [0.3, 0.4) is 0 Å². The van der Waals surface area contributed by atoms with Crippen molar-refractivity contribution in [3.8, 4) is 11.5 Å². The third-order valence-electron chi connectivity index (χ3n) is 2.04. The molecule has 1 aromatic rings. The van der Waals surface area contributed by atoms with E-state index in [-0.39, 0.29) is 30.3 Å². The summed E-state index contributed by atoms with van der Waals surface area (Å²) in [4.78, 5) is 10.9. The Bertz CT molecular complexity index is 370. The van der Waals surface area contributed by atoms with Crippen LogP contribution in [0.2, 0.25) is 0 Å². The number of hydrogen-bond acceptors (Lipinski definition) is 5. The molecule has 5 nitrogen and oxygen atoms in total. The molecule has 0 aromatic heterocycles. The minimum atomic E-state index is -0.552. The number of hydrogen-bond donors (Lipinski definition) is 3. The zero-order valence-electron chi connectivity index (χ0n) is 8.71. The van der Waals surface area contributed by atoms with Crippen LogP contribution in [-0.4, -0.2) is 23.3 Å². The summed E-state index contributed by atoms with van der Waals surface area (Å²) in [6.07, 6.45) is 0.0285. The second-order valence-electron chi connectivity index (χ2n) is 3.13. The van der Waals surface area contributed by atoms with E-state index in [9.17, 15) is 9.90 Å². The lowest BCUT2D eigenvalue weighted by Crippen LogP contribution is -2.16. The normalized spacial score (nSPS) is 11.4. The molecular weight excluding hydrogens is 234 g/mol. The number of esters is 1. The van der Waals surface area contributed by atoms with E-state index in [1.54, 1.807) is 6.07 Å². The number of aromatic hydroxyl groups is 2. The van der Waals surface area contributed by atoms with Crippen LogP contribution in [0.4, 0.5) is 0 Å². The maximum Gasteiger partial charge on any atom is 0.307 e. The molecule has 0 bridgehead atoms. The quantitative estimate of drug-likeness (QED) is 0.549. The van der Waals surface area contributed by atoms with Gasteiger partial charge in [-0.1, -0.05) is 6.07 Å². The molecule has 4 N–H and O–H groups in total. The summed E-state index contributed by atoms with van der Waals surface area (Å²) in [5.74, 6) is -0.896. The minimum absolute atomic E-state index is 0. The SMILES string of the molecule is COC(=O)C[C@H](N)c1ccc(O)c(O)c1.Cl. The topological polar surface area (TPSA) is 92.8 Å². The van der Waals surface area contributed by atoms with Crippen LogP contribution in [0.15, 0.2) is 18.2 Å². The van der Waals surface area contributed by atoms with Gasteiger partial charge in [-0.05, 0) is 17.7 Å². The van der Waals surface area contributed by atoms with Gasteiger partial charge in [-0.3, -0.25) is 4.79 Å². The highest BCUT2D eigenvalue weighted by atomic mass is 35.5. The monoisotopic (exact) mass is 247 g/mol. The van der Waals surface area contributed by atoms with E-state index >= 15 is 0 Å². The van der Waals surface area contributed by atoms with Gasteiger partial charge in [-0.15, -0.1) is 12.4 Å². The number of phenolic OH excluding ortho intramolecular Hbond substituents is 2. The second-order valence-corrected chi connectivity index (χ2v) is 3.13. The maximum absolute atomic E-state index is 10.9. The highest BCUT2D eigenvalue weighted by Crippen LogP contribution is 2.27. The minimum Gasteiger partial charge on any atom is -0.504 e. The van der Waals surface area contributed by atoms with Crippen molar-refractivity contribution in [1.82, 2.24) is 0 Å². The first-order valence-electron chi connectivity index (χ1n) is 4.39. The summed E-state index contributed by atoms with van der Waals surface area (Å²) in [6, 6.07) is 3.64. The van der Waals surface area contributed by atoms with E-state index < -0.39 is 12.0 Å². The molecule has 0 aliphatic heterocycles. The number of phenols is 2. The van der Waals surface area contributed by atoms with Gasteiger partial charge in [0.25, 0.3) is 0 Å². The summed E-state index contributed by atoms with van der Waals surface area (Å²) in [5.41, 5.74) is 6.26. The summed E-state index contributed by atoms with van der Waals surface area (Å²) in [5, 5.41) is 18.3. The van der Waals surface area contributed by atoms with Gasteiger partial charge in [0.05, 0.1) is 13.5 Å². The Labute approximate surface area is 99.2 Å². The first-order chi connectivity index (χ1) is 7.04. The highest BCUT2D eigenvalue weighted by molar-refractivity contribution is 5.85. The lowest BCUT2D eigenvalue weighted by molar-refractivity contribution is -0.141. The van der Waals surface area contributed by atoms with E-state index in [0.717, 1.165) is 0 Å². The fraction of sp³-hybridized carbons (Fsp3) is 0.300. The summed E-state index contributed by atoms with van der Waals surface area (Å²) >= 11 is 0. The smallest absolute Gasteiger partial charge is 0.307 e. The van der Waals surface area contributed by atoms with Crippen LogP contribution in [-0.2, 0) is 9.53 Å². The van der Waals surface area contributed by atoms with Gasteiger partial charge >= 0.3 is 5.97 Å². The number of nitrogens with two attached hydrogens (primary N) is 1. The van der Waals surface area contributed by atoms with Crippen LogP contribution < -0.4 is 5.73 Å². The van der Waals surface area contributed by atoms with Crippen LogP contribution in [0, 0.1) is 0 Å². The van der Waals surface area contributed by atoms with E-state index in [1.165, 1.54) is 19.2 Å². The van der Waals surface area contributed by atoms with Gasteiger partial charge < -0.3 is 20.7 Å². The van der Waals surface area contributed by atoms with Gasteiger partial charge in [0.1, 0.15) is 0 Å². The first kappa shape index (κ1) is 14.5. The van der Waals surface area contributed by atoms with Crippen molar-refractivity contribution in [3.05, 3.63) is 23.8 Å².